The summed E-state index contributed by atoms with van der Waals surface area (Å²) in [7, 11) is 0.508. The Morgan fingerprint density at radius 3 is 2.33 bits per heavy atom. The van der Waals surface area contributed by atoms with E-state index >= 15 is 0 Å². The molecule has 0 radical (unpaired) electrons. The number of hydrogen-bond donors (Lipinski definition) is 2. The van der Waals surface area contributed by atoms with Crippen LogP contribution in [0.1, 0.15) is 15.9 Å². The lowest BCUT2D eigenvalue weighted by molar-refractivity contribution is 0.0954. The van der Waals surface area contributed by atoms with Crippen molar-refractivity contribution < 1.29 is 17.9 Å². The van der Waals surface area contributed by atoms with Gasteiger partial charge in [0.1, 0.15) is 10.6 Å². The molecule has 2 aromatic carbocycles. The molecule has 0 unspecified atom stereocenters. The highest BCUT2D eigenvalue weighted by molar-refractivity contribution is 7.89. The first kappa shape index (κ1) is 22.8. The molecule has 1 amide bonds. The molecular formula is C18H24ClN3O4S. The topological polar surface area (TPSA) is 102 Å². The van der Waals surface area contributed by atoms with E-state index in [0.717, 1.165) is 9.87 Å². The van der Waals surface area contributed by atoms with Crippen LogP contribution in [0.2, 0.25) is 0 Å². The Kier molecular flexibility index (Phi) is 8.08. The molecule has 0 aliphatic carbocycles. The molecule has 7 nitrogen and oxygen atoms in total. The number of nitrogens with two attached hydrogens (primary N) is 1. The van der Waals surface area contributed by atoms with Gasteiger partial charge < -0.3 is 15.8 Å². The van der Waals surface area contributed by atoms with Gasteiger partial charge in [-0.15, -0.1) is 12.4 Å². The number of hydrogen-bond acceptors (Lipinski definition) is 5. The van der Waals surface area contributed by atoms with E-state index in [1.807, 2.05) is 12.1 Å². The zero-order valence-corrected chi connectivity index (χ0v) is 17.1. The summed E-state index contributed by atoms with van der Waals surface area (Å²) < 4.78 is 31.0. The first-order chi connectivity index (χ1) is 12.3. The SMILES string of the molecule is COc1ccc(C(=O)NCCc2ccc(N)cc2)cc1S(=O)(=O)N(C)C.Cl. The largest absolute Gasteiger partial charge is 0.495 e. The van der Waals surface area contributed by atoms with Gasteiger partial charge in [0, 0.05) is 31.9 Å². The first-order valence-electron chi connectivity index (χ1n) is 7.99. The fourth-order valence-electron chi connectivity index (χ4n) is 2.32. The number of rotatable bonds is 7. The van der Waals surface area contributed by atoms with Gasteiger partial charge in [0.25, 0.3) is 5.91 Å². The second-order valence-electron chi connectivity index (χ2n) is 5.90. The summed E-state index contributed by atoms with van der Waals surface area (Å²) in [6, 6.07) is 11.7. The van der Waals surface area contributed by atoms with Gasteiger partial charge in [-0.05, 0) is 42.3 Å². The molecule has 0 aromatic heterocycles. The predicted octanol–water partition coefficient (Wildman–Crippen LogP) is 1.92. The Morgan fingerprint density at radius 1 is 1.15 bits per heavy atom. The van der Waals surface area contributed by atoms with Crippen LogP contribution in [-0.4, -0.2) is 46.4 Å². The summed E-state index contributed by atoms with van der Waals surface area (Å²) in [5, 5.41) is 2.79. The number of carbonyl (C=O) groups excluding carboxylic acids is 1. The van der Waals surface area contributed by atoms with Crippen LogP contribution in [0.25, 0.3) is 0 Å². The van der Waals surface area contributed by atoms with Gasteiger partial charge in [-0.3, -0.25) is 4.79 Å². The molecule has 0 heterocycles. The van der Waals surface area contributed by atoms with Crippen molar-refractivity contribution in [2.45, 2.75) is 11.3 Å². The lowest BCUT2D eigenvalue weighted by atomic mass is 10.1. The van der Waals surface area contributed by atoms with Crippen LogP contribution >= 0.6 is 12.4 Å². The minimum atomic E-state index is -3.73. The van der Waals surface area contributed by atoms with E-state index in [0.29, 0.717) is 18.7 Å². The number of methoxy groups -OCH3 is 1. The van der Waals surface area contributed by atoms with Crippen molar-refractivity contribution in [3.05, 3.63) is 53.6 Å². The minimum absolute atomic E-state index is 0. The number of nitrogen functional groups attached to an aromatic ring is 1. The quantitative estimate of drug-likeness (QED) is 0.675. The molecule has 3 N–H and O–H groups in total. The second-order valence-corrected chi connectivity index (χ2v) is 8.02. The summed E-state index contributed by atoms with van der Waals surface area (Å²) in [5.74, 6) is -0.157. The highest BCUT2D eigenvalue weighted by atomic mass is 35.5. The van der Waals surface area contributed by atoms with E-state index in [-0.39, 0.29) is 34.5 Å². The Hall–Kier alpha value is -2.29. The Labute approximate surface area is 166 Å². The lowest BCUT2D eigenvalue weighted by Crippen LogP contribution is -2.27. The normalized spacial score (nSPS) is 11.0. The van der Waals surface area contributed by atoms with Gasteiger partial charge >= 0.3 is 0 Å². The molecule has 0 spiro atoms. The van der Waals surface area contributed by atoms with Crippen LogP contribution in [0.5, 0.6) is 5.75 Å². The van der Waals surface area contributed by atoms with E-state index in [1.54, 1.807) is 12.1 Å². The third-order valence-corrected chi connectivity index (χ3v) is 5.70. The lowest BCUT2D eigenvalue weighted by Gasteiger charge is -2.15. The van der Waals surface area contributed by atoms with Crippen molar-refractivity contribution in [1.29, 1.82) is 0 Å². The van der Waals surface area contributed by atoms with Crippen LogP contribution in [0.3, 0.4) is 0 Å². The molecule has 0 saturated carbocycles. The third kappa shape index (κ3) is 5.59. The van der Waals surface area contributed by atoms with Gasteiger partial charge in [-0.2, -0.15) is 0 Å². The Bertz CT molecular complexity index is 884. The van der Waals surface area contributed by atoms with E-state index in [1.165, 1.54) is 39.4 Å². The van der Waals surface area contributed by atoms with Gasteiger partial charge in [0.15, 0.2) is 0 Å². The summed E-state index contributed by atoms with van der Waals surface area (Å²) in [4.78, 5) is 12.3. The standard InChI is InChI=1S/C18H23N3O4S.ClH/c1-21(2)26(23,24)17-12-14(6-9-16(17)25-3)18(22)20-11-10-13-4-7-15(19)8-5-13;/h4-9,12H,10-11,19H2,1-3H3,(H,20,22);1H. The molecular weight excluding hydrogens is 390 g/mol. The van der Waals surface area contributed by atoms with Crippen molar-refractivity contribution in [3.63, 3.8) is 0 Å². The number of halogens is 1. The fraction of sp³-hybridized carbons (Fsp3) is 0.278. The van der Waals surface area contributed by atoms with Crippen LogP contribution in [0.15, 0.2) is 47.4 Å². The fourth-order valence-corrected chi connectivity index (χ4v) is 3.40. The molecule has 0 bridgehead atoms. The number of nitrogens with one attached hydrogen (secondary N) is 1. The summed E-state index contributed by atoms with van der Waals surface area (Å²) in [6.45, 7) is 0.421. The zero-order chi connectivity index (χ0) is 19.3. The monoisotopic (exact) mass is 413 g/mol. The molecule has 0 aliphatic heterocycles. The van der Waals surface area contributed by atoms with Crippen molar-refractivity contribution in [3.8, 4) is 5.75 Å². The van der Waals surface area contributed by atoms with E-state index in [9.17, 15) is 13.2 Å². The number of ether oxygens (including phenoxy) is 1. The van der Waals surface area contributed by atoms with Gasteiger partial charge in [0.2, 0.25) is 10.0 Å². The summed E-state index contributed by atoms with van der Waals surface area (Å²) in [5.41, 5.74) is 7.63. The number of anilines is 1. The van der Waals surface area contributed by atoms with Crippen LogP contribution < -0.4 is 15.8 Å². The van der Waals surface area contributed by atoms with Gasteiger partial charge in [-0.1, -0.05) is 12.1 Å². The number of nitrogens with zero attached hydrogens (tertiary/aromatic N) is 1. The number of amides is 1. The van der Waals surface area contributed by atoms with Gasteiger partial charge in [0.05, 0.1) is 7.11 Å². The van der Waals surface area contributed by atoms with E-state index in [2.05, 4.69) is 5.32 Å². The zero-order valence-electron chi connectivity index (χ0n) is 15.4. The average molecular weight is 414 g/mol. The van der Waals surface area contributed by atoms with Gasteiger partial charge in [-0.25, -0.2) is 12.7 Å². The summed E-state index contributed by atoms with van der Waals surface area (Å²) in [6.07, 6.45) is 0.644. The maximum atomic E-state index is 12.4. The number of sulfonamides is 1. The molecule has 2 aromatic rings. The predicted molar refractivity (Wildman–Crippen MR) is 108 cm³/mol. The second kappa shape index (κ2) is 9.59. The third-order valence-electron chi connectivity index (χ3n) is 3.86. The molecule has 0 aliphatic rings. The molecule has 0 atom stereocenters. The van der Waals surface area contributed by atoms with E-state index in [4.69, 9.17) is 10.5 Å². The van der Waals surface area contributed by atoms with Crippen LogP contribution in [-0.2, 0) is 16.4 Å². The van der Waals surface area contributed by atoms with Crippen molar-refractivity contribution in [2.24, 2.45) is 0 Å². The Balaban J connectivity index is 0.00000364. The summed E-state index contributed by atoms with van der Waals surface area (Å²) >= 11 is 0. The number of carbonyl (C=O) groups is 1. The van der Waals surface area contributed by atoms with E-state index < -0.39 is 10.0 Å². The highest BCUT2D eigenvalue weighted by Gasteiger charge is 2.23. The first-order valence-corrected chi connectivity index (χ1v) is 9.43. The Morgan fingerprint density at radius 2 is 1.78 bits per heavy atom. The maximum Gasteiger partial charge on any atom is 0.251 e. The molecule has 148 valence electrons. The molecule has 0 fully saturated rings. The van der Waals surface area contributed by atoms with Crippen molar-refractivity contribution in [2.75, 3.05) is 33.5 Å². The smallest absolute Gasteiger partial charge is 0.251 e. The molecule has 2 rings (SSSR count). The minimum Gasteiger partial charge on any atom is -0.495 e. The van der Waals surface area contributed by atoms with Crippen LogP contribution in [0.4, 0.5) is 5.69 Å². The molecule has 0 saturated heterocycles. The molecule has 9 heteroatoms. The highest BCUT2D eigenvalue weighted by Crippen LogP contribution is 2.26. The average Bonchev–Trinajstić information content (AvgIpc) is 2.62. The van der Waals surface area contributed by atoms with Crippen molar-refractivity contribution >= 4 is 34.0 Å². The maximum absolute atomic E-state index is 12.4. The van der Waals surface area contributed by atoms with Crippen molar-refractivity contribution in [1.82, 2.24) is 9.62 Å². The number of benzene rings is 2. The molecule has 27 heavy (non-hydrogen) atoms. The van der Waals surface area contributed by atoms with Crippen LogP contribution in [0, 0.1) is 0 Å².